The molecule has 1 aliphatic carbocycles. The van der Waals surface area contributed by atoms with Gasteiger partial charge < -0.3 is 10.6 Å². The lowest BCUT2D eigenvalue weighted by atomic mass is 10.00. The quantitative estimate of drug-likeness (QED) is 0.532. The summed E-state index contributed by atoms with van der Waals surface area (Å²) < 4.78 is 0. The van der Waals surface area contributed by atoms with Crippen molar-refractivity contribution < 1.29 is 14.4 Å². The van der Waals surface area contributed by atoms with Crippen molar-refractivity contribution in [3.05, 3.63) is 56.8 Å². The topological polar surface area (TPSA) is 99.3 Å². The summed E-state index contributed by atoms with van der Waals surface area (Å²) in [4.78, 5) is 38.4. The standard InChI is InChI=1S/C23H30N4O3S/c1-15(2)25-23(30)24-14-16-9-11-17(12-10-16)21(28)26-27-22(29)20-13-18-7-5-3-4-6-8-19(18)31-20/h9-13,15H,3-8,14H2,1-2H3,(H,26,28)(H,27,29)(H2,24,25,30). The van der Waals surface area contributed by atoms with E-state index in [1.807, 2.05) is 19.9 Å². The molecule has 1 aliphatic rings. The minimum atomic E-state index is -0.389. The number of thiophene rings is 1. The lowest BCUT2D eigenvalue weighted by molar-refractivity contribution is 0.0849. The third kappa shape index (κ3) is 6.82. The van der Waals surface area contributed by atoms with Crippen molar-refractivity contribution in [2.75, 3.05) is 0 Å². The van der Waals surface area contributed by atoms with Crippen molar-refractivity contribution in [2.45, 2.75) is 65.0 Å². The first kappa shape index (κ1) is 22.8. The molecule has 0 aliphatic heterocycles. The third-order valence-electron chi connectivity index (χ3n) is 5.10. The van der Waals surface area contributed by atoms with Crippen LogP contribution in [0.3, 0.4) is 0 Å². The molecule has 4 amide bonds. The average molecular weight is 443 g/mol. The molecule has 0 saturated carbocycles. The number of aryl methyl sites for hydroxylation is 2. The molecule has 1 heterocycles. The van der Waals surface area contributed by atoms with Crippen molar-refractivity contribution in [3.63, 3.8) is 0 Å². The Kier molecular flexibility index (Phi) is 8.06. The Labute approximate surface area is 187 Å². The molecule has 4 N–H and O–H groups in total. The summed E-state index contributed by atoms with van der Waals surface area (Å²) in [6.45, 7) is 4.14. The molecule has 1 aromatic carbocycles. The fourth-order valence-electron chi connectivity index (χ4n) is 3.47. The van der Waals surface area contributed by atoms with E-state index >= 15 is 0 Å². The summed E-state index contributed by atoms with van der Waals surface area (Å²) in [6.07, 6.45) is 6.86. The number of carbonyl (C=O) groups excluding carboxylic acids is 3. The molecule has 2 aromatic rings. The van der Waals surface area contributed by atoms with E-state index in [2.05, 4.69) is 21.5 Å². The van der Waals surface area contributed by atoms with Crippen LogP contribution >= 0.6 is 11.3 Å². The minimum absolute atomic E-state index is 0.0647. The Balaban J connectivity index is 1.49. The van der Waals surface area contributed by atoms with Crippen LogP contribution in [0.1, 0.15) is 75.6 Å². The number of hydrogen-bond donors (Lipinski definition) is 4. The summed E-state index contributed by atoms with van der Waals surface area (Å²) in [5.41, 5.74) is 7.57. The molecule has 0 bridgehead atoms. The Bertz CT molecular complexity index is 896. The Hall–Kier alpha value is -2.87. The van der Waals surface area contributed by atoms with E-state index in [0.717, 1.165) is 24.8 Å². The van der Waals surface area contributed by atoms with Gasteiger partial charge >= 0.3 is 6.03 Å². The summed E-state index contributed by atoms with van der Waals surface area (Å²) in [7, 11) is 0. The number of benzene rings is 1. The number of hydrogen-bond acceptors (Lipinski definition) is 4. The van der Waals surface area contributed by atoms with Crippen molar-refractivity contribution in [1.82, 2.24) is 21.5 Å². The molecule has 166 valence electrons. The number of urea groups is 1. The van der Waals surface area contributed by atoms with E-state index in [1.165, 1.54) is 41.0 Å². The first-order valence-electron chi connectivity index (χ1n) is 10.8. The van der Waals surface area contributed by atoms with Crippen molar-refractivity contribution in [3.8, 4) is 0 Å². The van der Waals surface area contributed by atoms with Gasteiger partial charge in [-0.3, -0.25) is 20.4 Å². The highest BCUT2D eigenvalue weighted by Gasteiger charge is 2.16. The van der Waals surface area contributed by atoms with Crippen LogP contribution in [0.25, 0.3) is 0 Å². The van der Waals surface area contributed by atoms with Gasteiger partial charge in [0.25, 0.3) is 11.8 Å². The zero-order chi connectivity index (χ0) is 22.2. The maximum atomic E-state index is 12.5. The maximum Gasteiger partial charge on any atom is 0.315 e. The van der Waals surface area contributed by atoms with Gasteiger partial charge in [0.1, 0.15) is 0 Å². The normalized spacial score (nSPS) is 13.5. The summed E-state index contributed by atoms with van der Waals surface area (Å²) in [6, 6.07) is 8.66. The van der Waals surface area contributed by atoms with Crippen LogP contribution in [0.4, 0.5) is 4.79 Å². The minimum Gasteiger partial charge on any atom is -0.336 e. The summed E-state index contributed by atoms with van der Waals surface area (Å²) >= 11 is 1.52. The molecule has 0 atom stereocenters. The zero-order valence-corrected chi connectivity index (χ0v) is 18.9. The van der Waals surface area contributed by atoms with E-state index < -0.39 is 0 Å². The smallest absolute Gasteiger partial charge is 0.315 e. The lowest BCUT2D eigenvalue weighted by Crippen LogP contribution is -2.41. The van der Waals surface area contributed by atoms with Crippen molar-refractivity contribution >= 4 is 29.2 Å². The Morgan fingerprint density at radius 3 is 2.32 bits per heavy atom. The zero-order valence-electron chi connectivity index (χ0n) is 18.0. The summed E-state index contributed by atoms with van der Waals surface area (Å²) in [5, 5.41) is 5.51. The molecule has 0 spiro atoms. The van der Waals surface area contributed by atoms with Gasteiger partial charge in [-0.15, -0.1) is 11.3 Å². The maximum absolute atomic E-state index is 12.5. The van der Waals surface area contributed by atoms with Crippen LogP contribution in [-0.2, 0) is 19.4 Å². The second-order valence-corrected chi connectivity index (χ2v) is 9.20. The number of carbonyl (C=O) groups is 3. The van der Waals surface area contributed by atoms with Crippen LogP contribution in [0.15, 0.2) is 30.3 Å². The first-order valence-corrected chi connectivity index (χ1v) is 11.6. The molecule has 1 aromatic heterocycles. The molecule has 3 rings (SSSR count). The Morgan fingerprint density at radius 2 is 1.61 bits per heavy atom. The van der Waals surface area contributed by atoms with Gasteiger partial charge in [-0.25, -0.2) is 4.79 Å². The average Bonchev–Trinajstić information content (AvgIpc) is 3.12. The summed E-state index contributed by atoms with van der Waals surface area (Å²) in [5.74, 6) is -0.678. The van der Waals surface area contributed by atoms with Crippen LogP contribution in [-0.4, -0.2) is 23.9 Å². The number of hydrazine groups is 1. The molecule has 31 heavy (non-hydrogen) atoms. The van der Waals surface area contributed by atoms with E-state index in [1.54, 1.807) is 24.3 Å². The fraction of sp³-hybridized carbons (Fsp3) is 0.435. The number of fused-ring (bicyclic) bond motifs is 1. The molecule has 0 fully saturated rings. The van der Waals surface area contributed by atoms with Gasteiger partial charge in [-0.1, -0.05) is 25.0 Å². The number of nitrogens with one attached hydrogen (secondary N) is 4. The van der Waals surface area contributed by atoms with Crippen LogP contribution < -0.4 is 21.5 Å². The van der Waals surface area contributed by atoms with Gasteiger partial charge in [-0.2, -0.15) is 0 Å². The first-order chi connectivity index (χ1) is 14.9. The van der Waals surface area contributed by atoms with E-state index in [9.17, 15) is 14.4 Å². The number of rotatable bonds is 5. The largest absolute Gasteiger partial charge is 0.336 e. The number of amides is 4. The van der Waals surface area contributed by atoms with Gasteiger partial charge in [0.05, 0.1) is 4.88 Å². The van der Waals surface area contributed by atoms with E-state index in [4.69, 9.17) is 0 Å². The second kappa shape index (κ2) is 10.9. The van der Waals surface area contributed by atoms with Crippen LogP contribution in [0.5, 0.6) is 0 Å². The second-order valence-electron chi connectivity index (χ2n) is 8.06. The third-order valence-corrected chi connectivity index (χ3v) is 6.33. The van der Waals surface area contributed by atoms with Gasteiger partial charge in [0.15, 0.2) is 0 Å². The van der Waals surface area contributed by atoms with Gasteiger partial charge in [0.2, 0.25) is 0 Å². The molecule has 8 heteroatoms. The van der Waals surface area contributed by atoms with Gasteiger partial charge in [0, 0.05) is 23.0 Å². The van der Waals surface area contributed by atoms with Crippen molar-refractivity contribution in [1.29, 1.82) is 0 Å². The molecule has 7 nitrogen and oxygen atoms in total. The highest BCUT2D eigenvalue weighted by Crippen LogP contribution is 2.28. The Morgan fingerprint density at radius 1 is 0.935 bits per heavy atom. The highest BCUT2D eigenvalue weighted by atomic mass is 32.1. The van der Waals surface area contributed by atoms with Crippen LogP contribution in [0, 0.1) is 0 Å². The molecule has 0 unspecified atom stereocenters. The van der Waals surface area contributed by atoms with Crippen LogP contribution in [0.2, 0.25) is 0 Å². The van der Waals surface area contributed by atoms with E-state index in [-0.39, 0.29) is 23.9 Å². The molecule has 0 saturated heterocycles. The van der Waals surface area contributed by atoms with Gasteiger partial charge in [-0.05, 0) is 68.9 Å². The van der Waals surface area contributed by atoms with E-state index in [0.29, 0.717) is 17.0 Å². The molecular formula is C23H30N4O3S. The SMILES string of the molecule is CC(C)NC(=O)NCc1ccc(C(=O)NNC(=O)c2cc3c(s2)CCCCCC3)cc1. The monoisotopic (exact) mass is 442 g/mol. The lowest BCUT2D eigenvalue weighted by Gasteiger charge is -2.10. The predicted molar refractivity (Wildman–Crippen MR) is 122 cm³/mol. The van der Waals surface area contributed by atoms with Crippen molar-refractivity contribution in [2.24, 2.45) is 0 Å². The molecular weight excluding hydrogens is 412 g/mol. The predicted octanol–water partition coefficient (Wildman–Crippen LogP) is 3.69. The molecule has 0 radical (unpaired) electrons. The fourth-order valence-corrected chi connectivity index (χ4v) is 4.62. The highest BCUT2D eigenvalue weighted by molar-refractivity contribution is 7.14.